The van der Waals surface area contributed by atoms with Gasteiger partial charge in [-0.1, -0.05) is 19.9 Å². The highest BCUT2D eigenvalue weighted by Crippen LogP contribution is 2.25. The van der Waals surface area contributed by atoms with Crippen molar-refractivity contribution >= 4 is 17.2 Å². The molecule has 0 aliphatic carbocycles. The van der Waals surface area contributed by atoms with E-state index >= 15 is 0 Å². The minimum Gasteiger partial charge on any atom is -0.355 e. The number of rotatable bonds is 7. The number of nitrogens with zero attached hydrogens (tertiary/aromatic N) is 1. The zero-order valence-electron chi connectivity index (χ0n) is 12.0. The molecular formula is C15H21N3OS. The van der Waals surface area contributed by atoms with Crippen LogP contribution in [-0.2, 0) is 11.2 Å². The van der Waals surface area contributed by atoms with Gasteiger partial charge in [-0.05, 0) is 24.3 Å². The average molecular weight is 291 g/mol. The van der Waals surface area contributed by atoms with Crippen molar-refractivity contribution in [2.45, 2.75) is 33.1 Å². The highest BCUT2D eigenvalue weighted by Gasteiger charge is 2.14. The van der Waals surface area contributed by atoms with E-state index in [9.17, 15) is 4.79 Å². The van der Waals surface area contributed by atoms with Crippen LogP contribution in [0.2, 0.25) is 0 Å². The summed E-state index contributed by atoms with van der Waals surface area (Å²) in [6.45, 7) is 4.75. The Morgan fingerprint density at radius 3 is 2.90 bits per heavy atom. The monoisotopic (exact) mass is 291 g/mol. The zero-order valence-corrected chi connectivity index (χ0v) is 12.8. The first-order chi connectivity index (χ1) is 9.76. The van der Waals surface area contributed by atoms with Gasteiger partial charge in [-0.25, -0.2) is 4.98 Å². The van der Waals surface area contributed by atoms with Crippen LogP contribution >= 0.6 is 11.3 Å². The van der Waals surface area contributed by atoms with Crippen molar-refractivity contribution in [3.63, 3.8) is 0 Å². The third-order valence-corrected chi connectivity index (χ3v) is 4.38. The number of imidazole rings is 1. The van der Waals surface area contributed by atoms with E-state index in [0.29, 0.717) is 6.54 Å². The lowest BCUT2D eigenvalue weighted by Crippen LogP contribution is -2.31. The van der Waals surface area contributed by atoms with Gasteiger partial charge >= 0.3 is 0 Å². The molecule has 0 aliphatic heterocycles. The normalized spacial score (nSPS) is 10.9. The van der Waals surface area contributed by atoms with Crippen molar-refractivity contribution in [2.75, 3.05) is 6.54 Å². The van der Waals surface area contributed by atoms with Crippen LogP contribution in [0.3, 0.4) is 0 Å². The molecule has 0 spiro atoms. The second-order valence-electron chi connectivity index (χ2n) is 4.76. The first-order valence-corrected chi connectivity index (χ1v) is 7.98. The van der Waals surface area contributed by atoms with Gasteiger partial charge in [0.1, 0.15) is 5.69 Å². The molecule has 0 saturated heterocycles. The summed E-state index contributed by atoms with van der Waals surface area (Å²) in [4.78, 5) is 20.6. The van der Waals surface area contributed by atoms with Gasteiger partial charge in [0, 0.05) is 24.6 Å². The predicted molar refractivity (Wildman–Crippen MR) is 82.7 cm³/mol. The van der Waals surface area contributed by atoms with E-state index < -0.39 is 0 Å². The summed E-state index contributed by atoms with van der Waals surface area (Å²) in [7, 11) is 0. The number of aromatic nitrogens is 2. The fourth-order valence-electron chi connectivity index (χ4n) is 2.25. The molecule has 2 rings (SSSR count). The SMILES string of the molecule is CCC(CC)C(=O)NCCc1[nH]cnc1-c1cccs1. The minimum atomic E-state index is 0.133. The predicted octanol–water partition coefficient (Wildman–Crippen LogP) is 3.23. The number of hydrogen-bond acceptors (Lipinski definition) is 3. The topological polar surface area (TPSA) is 57.8 Å². The van der Waals surface area contributed by atoms with Crippen LogP contribution in [-0.4, -0.2) is 22.4 Å². The fraction of sp³-hybridized carbons (Fsp3) is 0.467. The molecule has 0 aliphatic rings. The Labute approximate surface area is 123 Å². The van der Waals surface area contributed by atoms with Crippen LogP contribution in [0.1, 0.15) is 32.4 Å². The molecule has 108 valence electrons. The molecule has 20 heavy (non-hydrogen) atoms. The Bertz CT molecular complexity index is 529. The Morgan fingerprint density at radius 1 is 1.45 bits per heavy atom. The van der Waals surface area contributed by atoms with Crippen molar-refractivity contribution in [1.29, 1.82) is 0 Å². The molecular weight excluding hydrogens is 270 g/mol. The van der Waals surface area contributed by atoms with E-state index in [1.54, 1.807) is 17.7 Å². The molecule has 0 bridgehead atoms. The standard InChI is InChI=1S/C15H21N3OS/c1-3-11(4-2)15(19)16-8-7-12-14(18-10-17-12)13-6-5-9-20-13/h5-6,9-11H,3-4,7-8H2,1-2H3,(H,16,19)(H,17,18). The number of carbonyl (C=O) groups excluding carboxylic acids is 1. The number of nitrogens with one attached hydrogen (secondary N) is 2. The van der Waals surface area contributed by atoms with Crippen LogP contribution < -0.4 is 5.32 Å². The summed E-state index contributed by atoms with van der Waals surface area (Å²) in [5.41, 5.74) is 2.08. The van der Waals surface area contributed by atoms with E-state index in [1.165, 1.54) is 0 Å². The minimum absolute atomic E-state index is 0.133. The number of H-pyrrole nitrogens is 1. The van der Waals surface area contributed by atoms with E-state index in [4.69, 9.17) is 0 Å². The van der Waals surface area contributed by atoms with Crippen molar-refractivity contribution in [3.05, 3.63) is 29.5 Å². The Morgan fingerprint density at radius 2 is 2.25 bits per heavy atom. The molecule has 2 heterocycles. The Balaban J connectivity index is 1.89. The second-order valence-corrected chi connectivity index (χ2v) is 5.71. The van der Waals surface area contributed by atoms with Gasteiger partial charge in [0.05, 0.1) is 11.2 Å². The molecule has 2 aromatic rings. The van der Waals surface area contributed by atoms with Gasteiger partial charge in [0.15, 0.2) is 0 Å². The third-order valence-electron chi connectivity index (χ3n) is 3.50. The lowest BCUT2D eigenvalue weighted by Gasteiger charge is -2.12. The lowest BCUT2D eigenvalue weighted by atomic mass is 10.0. The number of carbonyl (C=O) groups is 1. The molecule has 0 unspecified atom stereocenters. The number of thiophene rings is 1. The largest absolute Gasteiger partial charge is 0.355 e. The van der Waals surface area contributed by atoms with Crippen LogP contribution in [0.25, 0.3) is 10.6 Å². The highest BCUT2D eigenvalue weighted by atomic mass is 32.1. The number of aromatic amines is 1. The molecule has 5 heteroatoms. The molecule has 0 saturated carbocycles. The molecule has 0 atom stereocenters. The van der Waals surface area contributed by atoms with Crippen molar-refractivity contribution in [2.24, 2.45) is 5.92 Å². The van der Waals surface area contributed by atoms with Gasteiger partial charge in [-0.3, -0.25) is 4.79 Å². The van der Waals surface area contributed by atoms with Gasteiger partial charge < -0.3 is 10.3 Å². The van der Waals surface area contributed by atoms with Crippen LogP contribution in [0.4, 0.5) is 0 Å². The van der Waals surface area contributed by atoms with Crippen molar-refractivity contribution in [1.82, 2.24) is 15.3 Å². The quantitative estimate of drug-likeness (QED) is 0.823. The van der Waals surface area contributed by atoms with Crippen LogP contribution in [0.5, 0.6) is 0 Å². The maximum Gasteiger partial charge on any atom is 0.223 e. The fourth-order valence-corrected chi connectivity index (χ4v) is 3.00. The molecule has 2 N–H and O–H groups in total. The van der Waals surface area contributed by atoms with Crippen LogP contribution in [0, 0.1) is 5.92 Å². The third kappa shape index (κ3) is 3.48. The number of hydrogen-bond donors (Lipinski definition) is 2. The first-order valence-electron chi connectivity index (χ1n) is 7.10. The van der Waals surface area contributed by atoms with Gasteiger partial charge in [0.25, 0.3) is 0 Å². The molecule has 4 nitrogen and oxygen atoms in total. The summed E-state index contributed by atoms with van der Waals surface area (Å²) in [6, 6.07) is 4.08. The van der Waals surface area contributed by atoms with Crippen molar-refractivity contribution in [3.8, 4) is 10.6 Å². The zero-order chi connectivity index (χ0) is 14.4. The number of amides is 1. The maximum absolute atomic E-state index is 11.9. The molecule has 1 amide bonds. The van der Waals surface area contributed by atoms with Gasteiger partial charge in [-0.15, -0.1) is 11.3 Å². The van der Waals surface area contributed by atoms with Crippen molar-refractivity contribution < 1.29 is 4.79 Å². The van der Waals surface area contributed by atoms with E-state index in [1.807, 2.05) is 11.4 Å². The summed E-state index contributed by atoms with van der Waals surface area (Å²) in [5.74, 6) is 0.292. The average Bonchev–Trinajstić information content (AvgIpc) is 3.10. The van der Waals surface area contributed by atoms with E-state index in [-0.39, 0.29) is 11.8 Å². The first kappa shape index (κ1) is 14.8. The maximum atomic E-state index is 11.9. The highest BCUT2D eigenvalue weighted by molar-refractivity contribution is 7.13. The Kier molecular flexibility index (Phi) is 5.35. The summed E-state index contributed by atoms with van der Waals surface area (Å²) < 4.78 is 0. The molecule has 0 radical (unpaired) electrons. The lowest BCUT2D eigenvalue weighted by molar-refractivity contribution is -0.125. The Hall–Kier alpha value is -1.62. The van der Waals surface area contributed by atoms with E-state index in [2.05, 4.69) is 35.2 Å². The van der Waals surface area contributed by atoms with Gasteiger partial charge in [0.2, 0.25) is 5.91 Å². The second kappa shape index (κ2) is 7.24. The molecule has 0 fully saturated rings. The van der Waals surface area contributed by atoms with E-state index in [0.717, 1.165) is 35.5 Å². The van der Waals surface area contributed by atoms with Gasteiger partial charge in [-0.2, -0.15) is 0 Å². The van der Waals surface area contributed by atoms with Crippen LogP contribution in [0.15, 0.2) is 23.8 Å². The molecule has 0 aromatic carbocycles. The summed E-state index contributed by atoms with van der Waals surface area (Å²) in [6.07, 6.45) is 4.28. The smallest absolute Gasteiger partial charge is 0.223 e. The summed E-state index contributed by atoms with van der Waals surface area (Å²) in [5, 5.41) is 5.06. The molecule has 2 aromatic heterocycles. The summed E-state index contributed by atoms with van der Waals surface area (Å²) >= 11 is 1.68.